The van der Waals surface area contributed by atoms with Gasteiger partial charge in [-0.05, 0) is 16.7 Å². The molecular weight excluding hydrogens is 380 g/mol. The Balaban J connectivity index is 1.61. The van der Waals surface area contributed by atoms with E-state index in [4.69, 9.17) is 4.74 Å². The lowest BCUT2D eigenvalue weighted by molar-refractivity contribution is -0.152. The Labute approximate surface area is 164 Å². The molecule has 8 heteroatoms. The van der Waals surface area contributed by atoms with Gasteiger partial charge in [-0.3, -0.25) is 9.59 Å². The lowest BCUT2D eigenvalue weighted by Gasteiger charge is -2.33. The van der Waals surface area contributed by atoms with E-state index in [1.165, 1.54) is 0 Å². The Kier molecular flexibility index (Phi) is 6.11. The molecule has 28 heavy (non-hydrogen) atoms. The normalized spacial score (nSPS) is 16.8. The highest BCUT2D eigenvalue weighted by atomic mass is 32.2. The summed E-state index contributed by atoms with van der Waals surface area (Å²) in [4.78, 5) is 24.5. The van der Waals surface area contributed by atoms with Crippen LogP contribution < -0.4 is 5.32 Å². The number of fused-ring (bicyclic) bond motifs is 1. The van der Waals surface area contributed by atoms with Gasteiger partial charge in [0, 0.05) is 19.5 Å². The maximum atomic E-state index is 12.5. The molecule has 3 rings (SSSR count). The minimum absolute atomic E-state index is 0.106. The number of carbonyl (C=O) groups excluding carboxylic acids is 2. The first kappa shape index (κ1) is 20.0. The van der Waals surface area contributed by atoms with Gasteiger partial charge >= 0.3 is 5.97 Å². The van der Waals surface area contributed by atoms with Crippen LogP contribution in [0.5, 0.6) is 0 Å². The van der Waals surface area contributed by atoms with Crippen LogP contribution in [0.4, 0.5) is 0 Å². The lowest BCUT2D eigenvalue weighted by atomic mass is 9.96. The summed E-state index contributed by atoms with van der Waals surface area (Å²) in [5.41, 5.74) is 2.68. The Morgan fingerprint density at radius 3 is 2.39 bits per heavy atom. The molecule has 0 saturated heterocycles. The van der Waals surface area contributed by atoms with Crippen molar-refractivity contribution in [1.29, 1.82) is 0 Å². The van der Waals surface area contributed by atoms with Gasteiger partial charge in [0.1, 0.15) is 6.04 Å². The van der Waals surface area contributed by atoms with Crippen molar-refractivity contribution >= 4 is 21.9 Å². The van der Waals surface area contributed by atoms with Gasteiger partial charge in [0.2, 0.25) is 10.0 Å². The maximum absolute atomic E-state index is 12.5. The fraction of sp³-hybridized carbons (Fsp3) is 0.300. The Morgan fingerprint density at radius 1 is 1.07 bits per heavy atom. The minimum atomic E-state index is -3.62. The van der Waals surface area contributed by atoms with E-state index in [2.05, 4.69) is 5.32 Å². The SMILES string of the molecule is CS(=O)(=O)N1Cc2ccccc2C[C@H]1C(=O)OCC(=O)NCc1ccccc1. The summed E-state index contributed by atoms with van der Waals surface area (Å²) < 4.78 is 30.5. The van der Waals surface area contributed by atoms with Crippen LogP contribution in [-0.4, -0.2) is 43.5 Å². The van der Waals surface area contributed by atoms with Crippen molar-refractivity contribution in [3.05, 3.63) is 71.3 Å². The summed E-state index contributed by atoms with van der Waals surface area (Å²) in [6, 6.07) is 15.7. The predicted molar refractivity (Wildman–Crippen MR) is 104 cm³/mol. The van der Waals surface area contributed by atoms with E-state index < -0.39 is 34.5 Å². The fourth-order valence-corrected chi connectivity index (χ4v) is 4.13. The average Bonchev–Trinajstić information content (AvgIpc) is 2.69. The van der Waals surface area contributed by atoms with E-state index in [-0.39, 0.29) is 13.0 Å². The van der Waals surface area contributed by atoms with Gasteiger partial charge < -0.3 is 10.1 Å². The number of nitrogens with one attached hydrogen (secondary N) is 1. The van der Waals surface area contributed by atoms with Crippen LogP contribution in [0.3, 0.4) is 0 Å². The second kappa shape index (κ2) is 8.53. The molecule has 1 heterocycles. The zero-order valence-corrected chi connectivity index (χ0v) is 16.3. The first-order chi connectivity index (χ1) is 13.3. The van der Waals surface area contributed by atoms with Crippen molar-refractivity contribution in [2.75, 3.05) is 12.9 Å². The van der Waals surface area contributed by atoms with E-state index in [1.54, 1.807) is 0 Å². The van der Waals surface area contributed by atoms with E-state index in [0.717, 1.165) is 27.3 Å². The van der Waals surface area contributed by atoms with Gasteiger partial charge in [-0.25, -0.2) is 8.42 Å². The summed E-state index contributed by atoms with van der Waals surface area (Å²) >= 11 is 0. The number of benzene rings is 2. The van der Waals surface area contributed by atoms with Crippen LogP contribution in [0.1, 0.15) is 16.7 Å². The number of carbonyl (C=O) groups is 2. The Hall–Kier alpha value is -2.71. The molecule has 0 aromatic heterocycles. The zero-order chi connectivity index (χ0) is 20.1. The highest BCUT2D eigenvalue weighted by Crippen LogP contribution is 2.26. The Morgan fingerprint density at radius 2 is 1.71 bits per heavy atom. The van der Waals surface area contributed by atoms with Crippen molar-refractivity contribution < 1.29 is 22.7 Å². The molecule has 0 spiro atoms. The van der Waals surface area contributed by atoms with Gasteiger partial charge in [-0.15, -0.1) is 0 Å². The maximum Gasteiger partial charge on any atom is 0.325 e. The number of esters is 1. The fourth-order valence-electron chi connectivity index (χ4n) is 3.13. The third kappa shape index (κ3) is 4.96. The van der Waals surface area contributed by atoms with Crippen LogP contribution in [0.15, 0.2) is 54.6 Å². The first-order valence-electron chi connectivity index (χ1n) is 8.85. The van der Waals surface area contributed by atoms with Gasteiger partial charge in [0.25, 0.3) is 5.91 Å². The predicted octanol–water partition coefficient (Wildman–Crippen LogP) is 1.23. The van der Waals surface area contributed by atoms with Crippen molar-refractivity contribution in [1.82, 2.24) is 9.62 Å². The summed E-state index contributed by atoms with van der Waals surface area (Å²) in [6.07, 6.45) is 1.28. The first-order valence-corrected chi connectivity index (χ1v) is 10.7. The van der Waals surface area contributed by atoms with Crippen molar-refractivity contribution in [2.45, 2.75) is 25.6 Å². The molecule has 1 N–H and O–H groups in total. The van der Waals surface area contributed by atoms with Gasteiger partial charge in [-0.2, -0.15) is 4.31 Å². The molecular formula is C20H22N2O5S. The molecule has 0 unspecified atom stereocenters. The van der Waals surface area contributed by atoms with E-state index in [1.807, 2.05) is 54.6 Å². The number of nitrogens with zero attached hydrogens (tertiary/aromatic N) is 1. The van der Waals surface area contributed by atoms with Crippen LogP contribution in [0.2, 0.25) is 0 Å². The highest BCUT2D eigenvalue weighted by molar-refractivity contribution is 7.88. The monoisotopic (exact) mass is 402 g/mol. The molecule has 0 fully saturated rings. The molecule has 7 nitrogen and oxygen atoms in total. The molecule has 1 atom stereocenters. The minimum Gasteiger partial charge on any atom is -0.454 e. The van der Waals surface area contributed by atoms with Crippen LogP contribution in [0, 0.1) is 0 Å². The second-order valence-corrected chi connectivity index (χ2v) is 8.60. The van der Waals surface area contributed by atoms with Crippen LogP contribution in [0.25, 0.3) is 0 Å². The highest BCUT2D eigenvalue weighted by Gasteiger charge is 2.37. The number of hydrogen-bond donors (Lipinski definition) is 1. The molecule has 0 bridgehead atoms. The van der Waals surface area contributed by atoms with Crippen LogP contribution in [-0.2, 0) is 43.9 Å². The topological polar surface area (TPSA) is 92.8 Å². The van der Waals surface area contributed by atoms with E-state index in [9.17, 15) is 18.0 Å². The molecule has 2 aromatic rings. The number of ether oxygens (including phenoxy) is 1. The summed E-state index contributed by atoms with van der Waals surface area (Å²) in [7, 11) is -3.62. The van der Waals surface area contributed by atoms with Gasteiger partial charge in [-0.1, -0.05) is 54.6 Å². The number of amides is 1. The molecule has 1 aliphatic rings. The smallest absolute Gasteiger partial charge is 0.325 e. The molecule has 0 radical (unpaired) electrons. The van der Waals surface area contributed by atoms with Crippen molar-refractivity contribution in [2.24, 2.45) is 0 Å². The quantitative estimate of drug-likeness (QED) is 0.734. The third-order valence-corrected chi connectivity index (χ3v) is 5.82. The number of sulfonamides is 1. The van der Waals surface area contributed by atoms with E-state index >= 15 is 0 Å². The third-order valence-electron chi connectivity index (χ3n) is 4.58. The molecule has 2 aromatic carbocycles. The van der Waals surface area contributed by atoms with E-state index in [0.29, 0.717) is 6.54 Å². The molecule has 1 amide bonds. The Bertz CT molecular complexity index is 960. The largest absolute Gasteiger partial charge is 0.454 e. The molecule has 148 valence electrons. The second-order valence-electron chi connectivity index (χ2n) is 6.67. The summed E-state index contributed by atoms with van der Waals surface area (Å²) in [6.45, 7) is -0.0279. The average molecular weight is 402 g/mol. The molecule has 0 aliphatic carbocycles. The number of hydrogen-bond acceptors (Lipinski definition) is 5. The van der Waals surface area contributed by atoms with Crippen LogP contribution >= 0.6 is 0 Å². The standard InChI is InChI=1S/C20H22N2O5S/c1-28(25,26)22-13-17-10-6-5-9-16(17)11-18(22)20(24)27-14-19(23)21-12-15-7-3-2-4-8-15/h2-10,18H,11-14H2,1H3,(H,21,23)/t18-/m0/s1. The summed E-state index contributed by atoms with van der Waals surface area (Å²) in [5.74, 6) is -1.17. The zero-order valence-electron chi connectivity index (χ0n) is 15.5. The lowest BCUT2D eigenvalue weighted by Crippen LogP contribution is -2.49. The molecule has 0 saturated carbocycles. The summed E-state index contributed by atoms with van der Waals surface area (Å²) in [5, 5.41) is 2.67. The molecule has 1 aliphatic heterocycles. The number of rotatable bonds is 6. The van der Waals surface area contributed by atoms with Gasteiger partial charge in [0.15, 0.2) is 6.61 Å². The van der Waals surface area contributed by atoms with Crippen molar-refractivity contribution in [3.63, 3.8) is 0 Å². The van der Waals surface area contributed by atoms with Gasteiger partial charge in [0.05, 0.1) is 6.26 Å². The van der Waals surface area contributed by atoms with Crippen molar-refractivity contribution in [3.8, 4) is 0 Å².